The molecule has 0 amide bonds. The average molecular weight is 454 g/mol. The van der Waals surface area contributed by atoms with Gasteiger partial charge in [0, 0.05) is 41.3 Å². The van der Waals surface area contributed by atoms with Crippen LogP contribution in [0.3, 0.4) is 0 Å². The van der Waals surface area contributed by atoms with Crippen LogP contribution in [0.1, 0.15) is 13.8 Å². The SMILES string of the molecule is CC(C)Nc1cncc(-c2ncc3[nH]nc(-c4nc5nccc(-c6ccoc6)c5[nH]4)c3c2F)c1. The molecule has 0 aliphatic carbocycles. The van der Waals surface area contributed by atoms with Crippen LogP contribution in [-0.4, -0.2) is 41.2 Å². The highest BCUT2D eigenvalue weighted by molar-refractivity contribution is 5.97. The highest BCUT2D eigenvalue weighted by atomic mass is 19.1. The maximum atomic E-state index is 15.8. The van der Waals surface area contributed by atoms with Crippen molar-refractivity contribution in [3.8, 4) is 33.9 Å². The molecule has 0 aromatic carbocycles. The Morgan fingerprint density at radius 1 is 1.06 bits per heavy atom. The molecule has 6 heterocycles. The van der Waals surface area contributed by atoms with E-state index in [9.17, 15) is 0 Å². The molecular weight excluding hydrogens is 435 g/mol. The van der Waals surface area contributed by atoms with Crippen LogP contribution in [0, 0.1) is 5.82 Å². The van der Waals surface area contributed by atoms with Crippen molar-refractivity contribution in [3.63, 3.8) is 0 Å². The van der Waals surface area contributed by atoms with Crippen molar-refractivity contribution < 1.29 is 8.81 Å². The van der Waals surface area contributed by atoms with E-state index in [4.69, 9.17) is 4.42 Å². The van der Waals surface area contributed by atoms with Crippen LogP contribution >= 0.6 is 0 Å². The summed E-state index contributed by atoms with van der Waals surface area (Å²) in [7, 11) is 0. The number of imidazole rings is 1. The van der Waals surface area contributed by atoms with Crippen LogP contribution in [0.5, 0.6) is 0 Å². The molecule has 6 aromatic heterocycles. The molecule has 34 heavy (non-hydrogen) atoms. The molecule has 0 saturated heterocycles. The second kappa shape index (κ2) is 7.77. The summed E-state index contributed by atoms with van der Waals surface area (Å²) in [5.74, 6) is -0.109. The van der Waals surface area contributed by atoms with Crippen molar-refractivity contribution in [2.75, 3.05) is 5.32 Å². The van der Waals surface area contributed by atoms with Gasteiger partial charge in [-0.15, -0.1) is 0 Å². The zero-order valence-electron chi connectivity index (χ0n) is 18.3. The van der Waals surface area contributed by atoms with Gasteiger partial charge < -0.3 is 14.7 Å². The minimum Gasteiger partial charge on any atom is -0.472 e. The minimum atomic E-state index is -0.506. The molecule has 0 aliphatic heterocycles. The third-order valence-electron chi connectivity index (χ3n) is 5.46. The van der Waals surface area contributed by atoms with E-state index in [2.05, 4.69) is 40.4 Å². The molecule has 0 atom stereocenters. The second-order valence-corrected chi connectivity index (χ2v) is 8.20. The Labute approximate surface area is 192 Å². The highest BCUT2D eigenvalue weighted by Gasteiger charge is 2.21. The van der Waals surface area contributed by atoms with Gasteiger partial charge in [-0.25, -0.2) is 14.4 Å². The maximum Gasteiger partial charge on any atom is 0.178 e. The van der Waals surface area contributed by atoms with E-state index in [1.54, 1.807) is 37.3 Å². The largest absolute Gasteiger partial charge is 0.472 e. The molecular formula is C24H19FN8O. The first-order chi connectivity index (χ1) is 16.6. The monoisotopic (exact) mass is 454 g/mol. The lowest BCUT2D eigenvalue weighted by Gasteiger charge is -2.11. The van der Waals surface area contributed by atoms with Crippen LogP contribution < -0.4 is 5.32 Å². The van der Waals surface area contributed by atoms with Gasteiger partial charge in [-0.3, -0.25) is 15.1 Å². The van der Waals surface area contributed by atoms with E-state index >= 15 is 4.39 Å². The Morgan fingerprint density at radius 2 is 1.97 bits per heavy atom. The van der Waals surface area contributed by atoms with Gasteiger partial charge >= 0.3 is 0 Å². The number of nitrogens with zero attached hydrogens (tertiary/aromatic N) is 5. The van der Waals surface area contributed by atoms with Crippen molar-refractivity contribution in [2.24, 2.45) is 0 Å². The molecule has 0 aliphatic rings. The maximum absolute atomic E-state index is 15.8. The fourth-order valence-electron chi connectivity index (χ4n) is 4.01. The minimum absolute atomic E-state index is 0.184. The summed E-state index contributed by atoms with van der Waals surface area (Å²) in [6, 6.07) is 5.76. The fourth-order valence-corrected chi connectivity index (χ4v) is 4.01. The number of anilines is 1. The predicted molar refractivity (Wildman–Crippen MR) is 126 cm³/mol. The smallest absolute Gasteiger partial charge is 0.178 e. The molecule has 0 fully saturated rings. The first-order valence-corrected chi connectivity index (χ1v) is 10.7. The van der Waals surface area contributed by atoms with Gasteiger partial charge in [-0.1, -0.05) is 0 Å². The van der Waals surface area contributed by atoms with E-state index < -0.39 is 5.82 Å². The van der Waals surface area contributed by atoms with Crippen molar-refractivity contribution in [1.82, 2.24) is 35.1 Å². The summed E-state index contributed by atoms with van der Waals surface area (Å²) in [4.78, 5) is 20.8. The summed E-state index contributed by atoms with van der Waals surface area (Å²) in [5.41, 5.74) is 5.30. The molecule has 0 spiro atoms. The van der Waals surface area contributed by atoms with Gasteiger partial charge in [0.2, 0.25) is 0 Å². The number of pyridine rings is 3. The van der Waals surface area contributed by atoms with Crippen LogP contribution in [0.2, 0.25) is 0 Å². The number of aromatic amines is 2. The van der Waals surface area contributed by atoms with E-state index in [1.165, 1.54) is 0 Å². The van der Waals surface area contributed by atoms with Gasteiger partial charge in [0.15, 0.2) is 17.3 Å². The molecule has 0 saturated carbocycles. The zero-order valence-corrected chi connectivity index (χ0v) is 18.3. The molecule has 9 nitrogen and oxygen atoms in total. The van der Waals surface area contributed by atoms with E-state index in [0.717, 1.165) is 16.8 Å². The predicted octanol–water partition coefficient (Wildman–Crippen LogP) is 5.18. The lowest BCUT2D eigenvalue weighted by Crippen LogP contribution is -2.09. The van der Waals surface area contributed by atoms with E-state index in [1.807, 2.05) is 32.0 Å². The Balaban J connectivity index is 1.50. The van der Waals surface area contributed by atoms with Gasteiger partial charge in [0.1, 0.15) is 11.4 Å². The molecule has 6 aromatic rings. The number of halogens is 1. The number of rotatable bonds is 5. The van der Waals surface area contributed by atoms with Crippen molar-refractivity contribution in [2.45, 2.75) is 19.9 Å². The van der Waals surface area contributed by atoms with Gasteiger partial charge in [-0.2, -0.15) is 5.10 Å². The van der Waals surface area contributed by atoms with Crippen molar-refractivity contribution in [3.05, 3.63) is 61.3 Å². The van der Waals surface area contributed by atoms with Crippen LogP contribution in [0.4, 0.5) is 10.1 Å². The Hall–Kier alpha value is -4.60. The molecule has 10 heteroatoms. The van der Waals surface area contributed by atoms with Crippen molar-refractivity contribution in [1.29, 1.82) is 0 Å². The standard InChI is InChI=1S/C24H19FN8O/c1-12(2)29-15-7-14(8-26-9-15)20-19(25)18-17(10-28-20)32-33-22(18)24-30-21-16(13-4-6-34-11-13)3-5-27-23(21)31-24/h3-12,29H,1-2H3,(H,32,33)(H,27,30,31). The number of H-pyrrole nitrogens is 2. The number of furan rings is 1. The number of hydrogen-bond donors (Lipinski definition) is 3. The summed E-state index contributed by atoms with van der Waals surface area (Å²) in [6.07, 6.45) is 9.76. The van der Waals surface area contributed by atoms with Gasteiger partial charge in [0.05, 0.1) is 40.8 Å². The number of fused-ring (bicyclic) bond motifs is 2. The summed E-state index contributed by atoms with van der Waals surface area (Å²) >= 11 is 0. The Bertz CT molecular complexity index is 1630. The number of nitrogens with one attached hydrogen (secondary N) is 3. The highest BCUT2D eigenvalue weighted by Crippen LogP contribution is 2.34. The first kappa shape index (κ1) is 20.0. The normalized spacial score (nSPS) is 11.6. The van der Waals surface area contributed by atoms with E-state index in [-0.39, 0.29) is 17.1 Å². The van der Waals surface area contributed by atoms with Crippen LogP contribution in [-0.2, 0) is 0 Å². The summed E-state index contributed by atoms with van der Waals surface area (Å²) in [6.45, 7) is 4.05. The Kier molecular flexibility index (Phi) is 4.58. The third-order valence-corrected chi connectivity index (χ3v) is 5.46. The lowest BCUT2D eigenvalue weighted by molar-refractivity contribution is 0.568. The molecule has 0 radical (unpaired) electrons. The quantitative estimate of drug-likeness (QED) is 0.328. The molecule has 0 unspecified atom stereocenters. The van der Waals surface area contributed by atoms with Crippen LogP contribution in [0.25, 0.3) is 56.0 Å². The zero-order chi connectivity index (χ0) is 23.2. The average Bonchev–Trinajstić information content (AvgIpc) is 3.57. The number of aromatic nitrogens is 7. The van der Waals surface area contributed by atoms with Gasteiger partial charge in [-0.05, 0) is 32.0 Å². The molecule has 6 rings (SSSR count). The first-order valence-electron chi connectivity index (χ1n) is 10.7. The molecule has 0 bridgehead atoms. The van der Waals surface area contributed by atoms with Crippen LogP contribution in [0.15, 0.2) is 59.9 Å². The molecule has 3 N–H and O–H groups in total. The van der Waals surface area contributed by atoms with Gasteiger partial charge in [0.25, 0.3) is 0 Å². The summed E-state index contributed by atoms with van der Waals surface area (Å²) < 4.78 is 21.1. The second-order valence-electron chi connectivity index (χ2n) is 8.20. The van der Waals surface area contributed by atoms with E-state index in [0.29, 0.717) is 33.8 Å². The fraction of sp³-hybridized carbons (Fsp3) is 0.125. The lowest BCUT2D eigenvalue weighted by atomic mass is 10.1. The number of hydrogen-bond acceptors (Lipinski definition) is 7. The third kappa shape index (κ3) is 3.27. The topological polar surface area (TPSA) is 121 Å². The summed E-state index contributed by atoms with van der Waals surface area (Å²) in [5, 5.41) is 10.8. The Morgan fingerprint density at radius 3 is 2.79 bits per heavy atom. The van der Waals surface area contributed by atoms with Crippen molar-refractivity contribution >= 4 is 27.8 Å². The molecule has 168 valence electrons.